The number of aliphatic hydroxyl groups is 1. The minimum absolute atomic E-state index is 0.0110. The Balaban J connectivity index is 2.36. The molecule has 0 aliphatic carbocycles. The van der Waals surface area contributed by atoms with Gasteiger partial charge in [0.05, 0.1) is 18.5 Å². The molecule has 0 aliphatic heterocycles. The zero-order valence-electron chi connectivity index (χ0n) is 11.0. The molecule has 4 nitrogen and oxygen atoms in total. The van der Waals surface area contributed by atoms with Crippen molar-refractivity contribution >= 4 is 33.6 Å². The molecule has 1 atom stereocenters. The number of thioether (sulfide) groups is 1. The summed E-state index contributed by atoms with van der Waals surface area (Å²) < 4.78 is 5.84. The van der Waals surface area contributed by atoms with E-state index in [1.165, 1.54) is 23.8 Å². The number of halogens is 1. The number of methoxy groups -OCH3 is 1. The molecule has 0 aliphatic rings. The van der Waals surface area contributed by atoms with Crippen LogP contribution >= 0.6 is 27.7 Å². The van der Waals surface area contributed by atoms with E-state index in [0.717, 1.165) is 9.37 Å². The number of carbonyl (C=O) groups is 1. The predicted octanol–water partition coefficient (Wildman–Crippen LogP) is 2.01. The second-order valence-electron chi connectivity index (χ2n) is 4.13. The second kappa shape index (κ2) is 8.58. The standard InChI is InChI=1S/C13H18BrNO3S/c1-15(7-11(16)8-18-2)13(17)9-19-12-5-3-10(14)4-6-12/h3-6,11,16H,7-9H2,1-2H3. The quantitative estimate of drug-likeness (QED) is 0.766. The molecule has 1 aromatic rings. The Bertz CT molecular complexity index is 399. The van der Waals surface area contributed by atoms with Crippen LogP contribution in [0.1, 0.15) is 0 Å². The SMILES string of the molecule is COCC(O)CN(C)C(=O)CSc1ccc(Br)cc1. The largest absolute Gasteiger partial charge is 0.389 e. The van der Waals surface area contributed by atoms with E-state index in [2.05, 4.69) is 15.9 Å². The Hall–Kier alpha value is -0.560. The maximum Gasteiger partial charge on any atom is 0.232 e. The van der Waals surface area contributed by atoms with Gasteiger partial charge in [-0.3, -0.25) is 4.79 Å². The molecule has 106 valence electrons. The molecule has 1 unspecified atom stereocenters. The highest BCUT2D eigenvalue weighted by atomic mass is 79.9. The monoisotopic (exact) mass is 347 g/mol. The van der Waals surface area contributed by atoms with Gasteiger partial charge < -0.3 is 14.7 Å². The van der Waals surface area contributed by atoms with Crippen molar-refractivity contribution in [2.75, 3.05) is 33.1 Å². The smallest absolute Gasteiger partial charge is 0.232 e. The molecule has 0 spiro atoms. The Morgan fingerprint density at radius 1 is 1.47 bits per heavy atom. The van der Waals surface area contributed by atoms with E-state index in [9.17, 15) is 9.90 Å². The highest BCUT2D eigenvalue weighted by molar-refractivity contribution is 9.10. The highest BCUT2D eigenvalue weighted by Gasteiger charge is 2.13. The topological polar surface area (TPSA) is 49.8 Å². The molecule has 1 amide bonds. The van der Waals surface area contributed by atoms with E-state index in [1.54, 1.807) is 7.05 Å². The minimum atomic E-state index is -0.642. The summed E-state index contributed by atoms with van der Waals surface area (Å²) in [7, 11) is 3.21. The van der Waals surface area contributed by atoms with E-state index in [1.807, 2.05) is 24.3 Å². The average Bonchev–Trinajstić information content (AvgIpc) is 2.37. The van der Waals surface area contributed by atoms with Crippen molar-refractivity contribution < 1.29 is 14.6 Å². The summed E-state index contributed by atoms with van der Waals surface area (Å²) in [5.74, 6) is 0.348. The number of aliphatic hydroxyl groups excluding tert-OH is 1. The Labute approximate surface area is 126 Å². The third-order valence-electron chi connectivity index (χ3n) is 2.45. The molecule has 1 N–H and O–H groups in total. The fourth-order valence-corrected chi connectivity index (χ4v) is 2.55. The van der Waals surface area contributed by atoms with E-state index in [4.69, 9.17) is 4.74 Å². The Morgan fingerprint density at radius 3 is 2.68 bits per heavy atom. The highest BCUT2D eigenvalue weighted by Crippen LogP contribution is 2.20. The Kier molecular flexibility index (Phi) is 7.45. The van der Waals surface area contributed by atoms with Crippen LogP contribution in [0.5, 0.6) is 0 Å². The molecule has 0 saturated carbocycles. The van der Waals surface area contributed by atoms with Gasteiger partial charge in [-0.2, -0.15) is 0 Å². The van der Waals surface area contributed by atoms with Gasteiger partial charge in [0.25, 0.3) is 0 Å². The fraction of sp³-hybridized carbons (Fsp3) is 0.462. The van der Waals surface area contributed by atoms with Gasteiger partial charge in [0, 0.05) is 30.1 Å². The van der Waals surface area contributed by atoms with Crippen molar-refractivity contribution in [3.63, 3.8) is 0 Å². The fourth-order valence-electron chi connectivity index (χ4n) is 1.45. The summed E-state index contributed by atoms with van der Waals surface area (Å²) >= 11 is 4.85. The number of likely N-dealkylation sites (N-methyl/N-ethyl adjacent to an activating group) is 1. The molecular weight excluding hydrogens is 330 g/mol. The zero-order valence-corrected chi connectivity index (χ0v) is 13.4. The van der Waals surface area contributed by atoms with E-state index < -0.39 is 6.10 Å². The average molecular weight is 348 g/mol. The van der Waals surface area contributed by atoms with Gasteiger partial charge in [-0.15, -0.1) is 11.8 Å². The summed E-state index contributed by atoms with van der Waals surface area (Å²) in [5, 5.41) is 9.55. The number of hydrogen-bond donors (Lipinski definition) is 1. The van der Waals surface area contributed by atoms with Gasteiger partial charge in [0.1, 0.15) is 0 Å². The van der Waals surface area contributed by atoms with Gasteiger partial charge in [0.15, 0.2) is 0 Å². The summed E-state index contributed by atoms with van der Waals surface area (Å²) in [6, 6.07) is 7.81. The van der Waals surface area contributed by atoms with Crippen LogP contribution in [0.2, 0.25) is 0 Å². The lowest BCUT2D eigenvalue weighted by molar-refractivity contribution is -0.128. The molecule has 0 aromatic heterocycles. The van der Waals surface area contributed by atoms with Crippen LogP contribution < -0.4 is 0 Å². The molecule has 1 rings (SSSR count). The van der Waals surface area contributed by atoms with Crippen LogP contribution in [0.25, 0.3) is 0 Å². The van der Waals surface area contributed by atoms with Gasteiger partial charge in [-0.05, 0) is 24.3 Å². The maximum absolute atomic E-state index is 11.9. The van der Waals surface area contributed by atoms with Crippen molar-refractivity contribution in [3.05, 3.63) is 28.7 Å². The van der Waals surface area contributed by atoms with Crippen LogP contribution in [-0.4, -0.2) is 55.1 Å². The number of carbonyl (C=O) groups excluding carboxylic acids is 1. The van der Waals surface area contributed by atoms with Crippen LogP contribution in [0.4, 0.5) is 0 Å². The van der Waals surface area contributed by atoms with Crippen LogP contribution in [0.15, 0.2) is 33.6 Å². The molecule has 0 heterocycles. The summed E-state index contributed by atoms with van der Waals surface area (Å²) in [4.78, 5) is 14.4. The molecule has 0 bridgehead atoms. The van der Waals surface area contributed by atoms with Crippen molar-refractivity contribution in [2.45, 2.75) is 11.0 Å². The first kappa shape index (κ1) is 16.5. The lowest BCUT2D eigenvalue weighted by Crippen LogP contribution is -2.37. The zero-order chi connectivity index (χ0) is 14.3. The lowest BCUT2D eigenvalue weighted by atomic mass is 10.3. The van der Waals surface area contributed by atoms with E-state index in [0.29, 0.717) is 5.75 Å². The van der Waals surface area contributed by atoms with E-state index >= 15 is 0 Å². The maximum atomic E-state index is 11.9. The molecule has 1 aromatic carbocycles. The van der Waals surface area contributed by atoms with Gasteiger partial charge >= 0.3 is 0 Å². The molecule has 6 heteroatoms. The first-order valence-electron chi connectivity index (χ1n) is 5.82. The van der Waals surface area contributed by atoms with Gasteiger partial charge in [-0.1, -0.05) is 15.9 Å². The number of amides is 1. The Morgan fingerprint density at radius 2 is 2.11 bits per heavy atom. The second-order valence-corrected chi connectivity index (χ2v) is 6.09. The molecule has 0 saturated heterocycles. The third-order valence-corrected chi connectivity index (χ3v) is 3.97. The predicted molar refractivity (Wildman–Crippen MR) is 80.4 cm³/mol. The first-order chi connectivity index (χ1) is 9.02. The molecule has 0 radical (unpaired) electrons. The summed E-state index contributed by atoms with van der Waals surface area (Å²) in [6.45, 7) is 0.519. The van der Waals surface area contributed by atoms with Crippen LogP contribution in [-0.2, 0) is 9.53 Å². The van der Waals surface area contributed by atoms with Crippen molar-refractivity contribution in [2.24, 2.45) is 0 Å². The van der Waals surface area contributed by atoms with Crippen LogP contribution in [0.3, 0.4) is 0 Å². The molecule has 0 fully saturated rings. The lowest BCUT2D eigenvalue weighted by Gasteiger charge is -2.20. The van der Waals surface area contributed by atoms with Gasteiger partial charge in [-0.25, -0.2) is 0 Å². The summed E-state index contributed by atoms with van der Waals surface area (Å²) in [6.07, 6.45) is -0.642. The third kappa shape index (κ3) is 6.42. The normalized spacial score (nSPS) is 12.2. The molecule has 19 heavy (non-hydrogen) atoms. The van der Waals surface area contributed by atoms with Crippen molar-refractivity contribution in [1.82, 2.24) is 4.90 Å². The number of ether oxygens (including phenoxy) is 1. The number of hydrogen-bond acceptors (Lipinski definition) is 4. The van der Waals surface area contributed by atoms with E-state index in [-0.39, 0.29) is 19.1 Å². The summed E-state index contributed by atoms with van der Waals surface area (Å²) in [5.41, 5.74) is 0. The number of rotatable bonds is 7. The van der Waals surface area contributed by atoms with Crippen LogP contribution in [0, 0.1) is 0 Å². The van der Waals surface area contributed by atoms with Crippen molar-refractivity contribution in [3.8, 4) is 0 Å². The molecular formula is C13H18BrNO3S. The minimum Gasteiger partial charge on any atom is -0.389 e. The van der Waals surface area contributed by atoms with Crippen molar-refractivity contribution in [1.29, 1.82) is 0 Å². The van der Waals surface area contributed by atoms with Gasteiger partial charge in [0.2, 0.25) is 5.91 Å². The number of nitrogens with zero attached hydrogens (tertiary/aromatic N) is 1. The number of benzene rings is 1. The first-order valence-corrected chi connectivity index (χ1v) is 7.60.